The van der Waals surface area contributed by atoms with E-state index in [4.69, 9.17) is 5.11 Å². The number of amides is 1. The molecule has 1 amide bonds. The summed E-state index contributed by atoms with van der Waals surface area (Å²) in [7, 11) is 0. The van der Waals surface area contributed by atoms with Crippen LogP contribution in [0.2, 0.25) is 0 Å². The van der Waals surface area contributed by atoms with E-state index < -0.39 is 17.9 Å². The maximum atomic E-state index is 11.9. The Kier molecular flexibility index (Phi) is 4.83. The van der Waals surface area contributed by atoms with E-state index in [1.807, 2.05) is 13.8 Å². The number of aryl methyl sites for hydroxylation is 1. The number of aliphatic carboxylic acids is 1. The Hall–Kier alpha value is -1.91. The van der Waals surface area contributed by atoms with Gasteiger partial charge in [-0.2, -0.15) is 0 Å². The molecule has 98 valence electrons. The predicted octanol–water partition coefficient (Wildman–Crippen LogP) is 1.62. The normalized spacial score (nSPS) is 12.2. The Morgan fingerprint density at radius 1 is 1.44 bits per heavy atom. The molecule has 5 heteroatoms. The quantitative estimate of drug-likeness (QED) is 0.832. The van der Waals surface area contributed by atoms with Crippen LogP contribution in [0.5, 0.6) is 0 Å². The molecule has 0 fully saturated rings. The van der Waals surface area contributed by atoms with Crippen LogP contribution in [0.15, 0.2) is 18.5 Å². The fraction of sp³-hybridized carbons (Fsp3) is 0.462. The van der Waals surface area contributed by atoms with Gasteiger partial charge in [0.1, 0.15) is 6.04 Å². The highest BCUT2D eigenvalue weighted by molar-refractivity contribution is 5.97. The first-order chi connectivity index (χ1) is 8.41. The molecular weight excluding hydrogens is 232 g/mol. The van der Waals surface area contributed by atoms with Crippen LogP contribution < -0.4 is 5.32 Å². The second-order valence-corrected chi connectivity index (χ2v) is 4.68. The molecule has 0 unspecified atom stereocenters. The maximum Gasteiger partial charge on any atom is 0.326 e. The van der Waals surface area contributed by atoms with Crippen LogP contribution in [0.4, 0.5) is 0 Å². The molecule has 1 aromatic heterocycles. The summed E-state index contributed by atoms with van der Waals surface area (Å²) in [4.78, 5) is 26.9. The second-order valence-electron chi connectivity index (χ2n) is 4.68. The average Bonchev–Trinajstić information content (AvgIpc) is 2.27. The molecule has 0 aromatic carbocycles. The van der Waals surface area contributed by atoms with Crippen molar-refractivity contribution in [1.29, 1.82) is 0 Å². The summed E-state index contributed by atoms with van der Waals surface area (Å²) >= 11 is 0. The van der Waals surface area contributed by atoms with Gasteiger partial charge in [-0.05, 0) is 30.9 Å². The molecule has 0 saturated heterocycles. The minimum Gasteiger partial charge on any atom is -0.480 e. The number of hydrogen-bond acceptors (Lipinski definition) is 3. The molecule has 0 saturated carbocycles. The lowest BCUT2D eigenvalue weighted by atomic mass is 10.0. The Bertz CT molecular complexity index is 444. The van der Waals surface area contributed by atoms with Gasteiger partial charge in [-0.25, -0.2) is 4.79 Å². The van der Waals surface area contributed by atoms with Crippen molar-refractivity contribution in [3.05, 3.63) is 29.6 Å². The molecule has 1 aromatic rings. The van der Waals surface area contributed by atoms with Gasteiger partial charge in [0.05, 0.1) is 5.56 Å². The number of nitrogens with zero attached hydrogens (tertiary/aromatic N) is 1. The van der Waals surface area contributed by atoms with Crippen LogP contribution in [0.25, 0.3) is 0 Å². The van der Waals surface area contributed by atoms with E-state index in [0.29, 0.717) is 12.0 Å². The van der Waals surface area contributed by atoms with E-state index in [1.54, 1.807) is 19.2 Å². The highest BCUT2D eigenvalue weighted by atomic mass is 16.4. The summed E-state index contributed by atoms with van der Waals surface area (Å²) in [5.74, 6) is -1.21. The number of pyridine rings is 1. The van der Waals surface area contributed by atoms with Crippen molar-refractivity contribution in [2.75, 3.05) is 0 Å². The van der Waals surface area contributed by atoms with Gasteiger partial charge >= 0.3 is 5.97 Å². The molecule has 1 heterocycles. The van der Waals surface area contributed by atoms with Gasteiger partial charge in [-0.3, -0.25) is 9.78 Å². The summed E-state index contributed by atoms with van der Waals surface area (Å²) in [6.07, 6.45) is 3.44. The zero-order valence-electron chi connectivity index (χ0n) is 10.8. The van der Waals surface area contributed by atoms with Crippen molar-refractivity contribution in [3.63, 3.8) is 0 Å². The molecule has 0 radical (unpaired) electrons. The fourth-order valence-corrected chi connectivity index (χ4v) is 1.63. The van der Waals surface area contributed by atoms with E-state index in [-0.39, 0.29) is 5.92 Å². The van der Waals surface area contributed by atoms with Crippen molar-refractivity contribution >= 4 is 11.9 Å². The van der Waals surface area contributed by atoms with Crippen LogP contribution >= 0.6 is 0 Å². The van der Waals surface area contributed by atoms with Gasteiger partial charge in [0.25, 0.3) is 5.91 Å². The smallest absolute Gasteiger partial charge is 0.326 e. The fourth-order valence-electron chi connectivity index (χ4n) is 1.63. The summed E-state index contributed by atoms with van der Waals surface area (Å²) < 4.78 is 0. The van der Waals surface area contributed by atoms with Crippen LogP contribution in [0.3, 0.4) is 0 Å². The van der Waals surface area contributed by atoms with Crippen LogP contribution in [0.1, 0.15) is 36.2 Å². The van der Waals surface area contributed by atoms with Crippen molar-refractivity contribution in [1.82, 2.24) is 10.3 Å². The first-order valence-corrected chi connectivity index (χ1v) is 5.86. The van der Waals surface area contributed by atoms with Gasteiger partial charge in [0, 0.05) is 12.4 Å². The SMILES string of the molecule is Cc1ccncc1C(=O)N[C@@H](CC(C)C)C(=O)O. The lowest BCUT2D eigenvalue weighted by Crippen LogP contribution is -2.41. The third kappa shape index (κ3) is 3.84. The van der Waals surface area contributed by atoms with Gasteiger partial charge in [-0.1, -0.05) is 13.8 Å². The number of nitrogens with one attached hydrogen (secondary N) is 1. The Labute approximate surface area is 106 Å². The number of carboxylic acid groups (broad SMARTS) is 1. The monoisotopic (exact) mass is 250 g/mol. The molecular formula is C13H18N2O3. The van der Waals surface area contributed by atoms with Crippen molar-refractivity contribution in [2.24, 2.45) is 5.92 Å². The number of carbonyl (C=O) groups excluding carboxylic acids is 1. The zero-order valence-corrected chi connectivity index (χ0v) is 10.8. The summed E-state index contributed by atoms with van der Waals surface area (Å²) in [5, 5.41) is 11.6. The second kappa shape index (κ2) is 6.14. The highest BCUT2D eigenvalue weighted by Crippen LogP contribution is 2.08. The lowest BCUT2D eigenvalue weighted by Gasteiger charge is -2.16. The molecule has 0 aliphatic heterocycles. The van der Waals surface area contributed by atoms with Gasteiger partial charge in [0.2, 0.25) is 0 Å². The minimum atomic E-state index is -1.02. The van der Waals surface area contributed by atoms with Crippen molar-refractivity contribution in [2.45, 2.75) is 33.2 Å². The summed E-state index contributed by atoms with van der Waals surface area (Å²) in [6, 6.07) is 0.852. The largest absolute Gasteiger partial charge is 0.480 e. The molecule has 18 heavy (non-hydrogen) atoms. The topological polar surface area (TPSA) is 79.3 Å². The number of rotatable bonds is 5. The molecule has 1 atom stereocenters. The molecule has 0 bridgehead atoms. The Morgan fingerprint density at radius 3 is 2.61 bits per heavy atom. The van der Waals surface area contributed by atoms with Crippen molar-refractivity contribution in [3.8, 4) is 0 Å². The van der Waals surface area contributed by atoms with Crippen molar-refractivity contribution < 1.29 is 14.7 Å². The minimum absolute atomic E-state index is 0.196. The molecule has 5 nitrogen and oxygen atoms in total. The van der Waals surface area contributed by atoms with E-state index in [1.165, 1.54) is 6.20 Å². The number of carboxylic acids is 1. The molecule has 2 N–H and O–H groups in total. The van der Waals surface area contributed by atoms with Crippen LogP contribution in [-0.4, -0.2) is 28.0 Å². The van der Waals surface area contributed by atoms with Gasteiger partial charge in [0.15, 0.2) is 0 Å². The average molecular weight is 250 g/mol. The lowest BCUT2D eigenvalue weighted by molar-refractivity contribution is -0.139. The van der Waals surface area contributed by atoms with Gasteiger partial charge < -0.3 is 10.4 Å². The third-order valence-corrected chi connectivity index (χ3v) is 2.59. The standard InChI is InChI=1S/C13H18N2O3/c1-8(2)6-11(13(17)18)15-12(16)10-7-14-5-4-9(10)3/h4-5,7-8,11H,6H2,1-3H3,(H,15,16)(H,17,18)/t11-/m0/s1. The molecule has 0 spiro atoms. The summed E-state index contributed by atoms with van der Waals surface area (Å²) in [5.41, 5.74) is 1.18. The molecule has 1 rings (SSSR count). The van der Waals surface area contributed by atoms with Crippen LogP contribution in [0, 0.1) is 12.8 Å². The van der Waals surface area contributed by atoms with Crippen LogP contribution in [-0.2, 0) is 4.79 Å². The Morgan fingerprint density at radius 2 is 2.11 bits per heavy atom. The molecule has 0 aliphatic carbocycles. The Balaban J connectivity index is 2.79. The zero-order chi connectivity index (χ0) is 13.7. The first kappa shape index (κ1) is 14.2. The highest BCUT2D eigenvalue weighted by Gasteiger charge is 2.22. The summed E-state index contributed by atoms with van der Waals surface area (Å²) in [6.45, 7) is 5.61. The van der Waals surface area contributed by atoms with Gasteiger partial charge in [-0.15, -0.1) is 0 Å². The number of carbonyl (C=O) groups is 2. The van der Waals surface area contributed by atoms with E-state index in [0.717, 1.165) is 5.56 Å². The molecule has 0 aliphatic rings. The number of aromatic nitrogens is 1. The number of hydrogen-bond donors (Lipinski definition) is 2. The third-order valence-electron chi connectivity index (χ3n) is 2.59. The van der Waals surface area contributed by atoms with E-state index in [2.05, 4.69) is 10.3 Å². The maximum absolute atomic E-state index is 11.9. The van der Waals surface area contributed by atoms with E-state index in [9.17, 15) is 9.59 Å². The van der Waals surface area contributed by atoms with E-state index >= 15 is 0 Å². The first-order valence-electron chi connectivity index (χ1n) is 5.86. The predicted molar refractivity (Wildman–Crippen MR) is 67.3 cm³/mol.